The minimum Gasteiger partial charge on any atom is -0.380 e. The fourth-order valence-electron chi connectivity index (χ4n) is 2.31. The second kappa shape index (κ2) is 3.32. The van der Waals surface area contributed by atoms with Gasteiger partial charge in [-0.1, -0.05) is 12.2 Å². The van der Waals surface area contributed by atoms with Crippen molar-refractivity contribution in [1.29, 1.82) is 0 Å². The molecule has 3 unspecified atom stereocenters. The second-order valence-corrected chi connectivity index (χ2v) is 3.90. The normalized spacial score (nSPS) is 34.9. The quantitative estimate of drug-likeness (QED) is 0.392. The minimum atomic E-state index is -0.536. The maximum atomic E-state index is 10.1. The van der Waals surface area contributed by atoms with Crippen LogP contribution in [0.15, 0.2) is 24.2 Å². The molecule has 2 bridgehead atoms. The Hall–Kier alpha value is -1.52. The molecule has 14 heavy (non-hydrogen) atoms. The highest BCUT2D eigenvalue weighted by Crippen LogP contribution is 2.39. The Morgan fingerprint density at radius 2 is 2.36 bits per heavy atom. The zero-order valence-corrected chi connectivity index (χ0v) is 7.72. The summed E-state index contributed by atoms with van der Waals surface area (Å²) in [5, 5.41) is 13.1. The fraction of sp³-hybridized carbons (Fsp3) is 0.556. The van der Waals surface area contributed by atoms with Crippen molar-refractivity contribution in [3.05, 3.63) is 34.3 Å². The van der Waals surface area contributed by atoms with E-state index in [1.54, 1.807) is 0 Å². The molecule has 0 spiro atoms. The number of fused-ring (bicyclic) bond motifs is 2. The summed E-state index contributed by atoms with van der Waals surface area (Å²) in [7, 11) is 0. The van der Waals surface area contributed by atoms with Crippen LogP contribution in [0.4, 0.5) is 0 Å². The van der Waals surface area contributed by atoms with Crippen LogP contribution < -0.4 is 11.1 Å². The van der Waals surface area contributed by atoms with Crippen molar-refractivity contribution in [2.45, 2.75) is 18.9 Å². The summed E-state index contributed by atoms with van der Waals surface area (Å²) >= 11 is 0. The lowest BCUT2D eigenvalue weighted by atomic mass is 10.0. The molecule has 0 aromatic heterocycles. The van der Waals surface area contributed by atoms with Crippen LogP contribution in [0.25, 0.3) is 0 Å². The van der Waals surface area contributed by atoms with E-state index >= 15 is 0 Å². The molecule has 0 aliphatic heterocycles. The standard InChI is InChI=1S/C9H13N3O2/c10-9(5-12(13)14)11-8-4-6-1-2-7(8)3-6/h1-2,5-8,11H,3-4,10H2/b9-5+. The molecule has 0 aromatic rings. The van der Waals surface area contributed by atoms with Gasteiger partial charge in [0.05, 0.1) is 4.92 Å². The van der Waals surface area contributed by atoms with Crippen LogP contribution in [0, 0.1) is 22.0 Å². The summed E-state index contributed by atoms with van der Waals surface area (Å²) in [6.07, 6.45) is 7.40. The summed E-state index contributed by atoms with van der Waals surface area (Å²) in [4.78, 5) is 9.60. The number of nitrogens with zero attached hydrogens (tertiary/aromatic N) is 1. The maximum Gasteiger partial charge on any atom is 0.273 e. The number of nitrogens with one attached hydrogen (secondary N) is 1. The van der Waals surface area contributed by atoms with Crippen LogP contribution in [-0.4, -0.2) is 11.0 Å². The summed E-state index contributed by atoms with van der Waals surface area (Å²) < 4.78 is 0. The lowest BCUT2D eigenvalue weighted by Gasteiger charge is -2.19. The molecular weight excluding hydrogens is 182 g/mol. The number of nitro groups is 1. The maximum absolute atomic E-state index is 10.1. The SMILES string of the molecule is N/C(=C\[N+](=O)[O-])NC1CC2C=CC1C2. The number of nitrogens with two attached hydrogens (primary N) is 1. The van der Waals surface area contributed by atoms with Crippen molar-refractivity contribution >= 4 is 0 Å². The van der Waals surface area contributed by atoms with Gasteiger partial charge in [0, 0.05) is 6.04 Å². The van der Waals surface area contributed by atoms with Gasteiger partial charge in [0.15, 0.2) is 5.82 Å². The first-order valence-corrected chi connectivity index (χ1v) is 4.71. The predicted octanol–water partition coefficient (Wildman–Crippen LogP) is 0.575. The average molecular weight is 195 g/mol. The predicted molar refractivity (Wildman–Crippen MR) is 51.5 cm³/mol. The topological polar surface area (TPSA) is 81.2 Å². The monoisotopic (exact) mass is 195 g/mol. The summed E-state index contributed by atoms with van der Waals surface area (Å²) in [6.45, 7) is 0. The van der Waals surface area contributed by atoms with Crippen LogP contribution in [0.1, 0.15) is 12.8 Å². The molecule has 76 valence electrons. The van der Waals surface area contributed by atoms with Crippen molar-refractivity contribution in [3.8, 4) is 0 Å². The molecule has 5 nitrogen and oxygen atoms in total. The van der Waals surface area contributed by atoms with E-state index in [4.69, 9.17) is 5.73 Å². The molecule has 3 N–H and O–H groups in total. The Balaban J connectivity index is 1.93. The van der Waals surface area contributed by atoms with E-state index < -0.39 is 4.92 Å². The molecular formula is C9H13N3O2. The third-order valence-electron chi connectivity index (χ3n) is 2.88. The number of allylic oxidation sites excluding steroid dienone is 1. The van der Waals surface area contributed by atoms with Gasteiger partial charge < -0.3 is 11.1 Å². The second-order valence-electron chi connectivity index (χ2n) is 3.90. The molecule has 0 radical (unpaired) electrons. The van der Waals surface area contributed by atoms with Gasteiger partial charge in [0.2, 0.25) is 0 Å². The van der Waals surface area contributed by atoms with E-state index in [9.17, 15) is 10.1 Å². The van der Waals surface area contributed by atoms with Gasteiger partial charge >= 0.3 is 0 Å². The molecule has 3 atom stereocenters. The Labute approximate surface area is 81.8 Å². The molecule has 0 saturated heterocycles. The fourth-order valence-corrected chi connectivity index (χ4v) is 2.31. The summed E-state index contributed by atoms with van der Waals surface area (Å²) in [6, 6.07) is 0.279. The third-order valence-corrected chi connectivity index (χ3v) is 2.88. The minimum absolute atomic E-state index is 0.154. The van der Waals surface area contributed by atoms with Crippen molar-refractivity contribution in [1.82, 2.24) is 5.32 Å². The molecule has 2 aliphatic carbocycles. The van der Waals surface area contributed by atoms with Crippen LogP contribution >= 0.6 is 0 Å². The Morgan fingerprint density at radius 1 is 1.57 bits per heavy atom. The Morgan fingerprint density at radius 3 is 2.86 bits per heavy atom. The molecule has 2 aliphatic rings. The Kier molecular flexibility index (Phi) is 2.15. The van der Waals surface area contributed by atoms with Gasteiger partial charge in [-0.15, -0.1) is 0 Å². The Bertz CT molecular complexity index is 311. The van der Waals surface area contributed by atoms with Crippen LogP contribution in [0.5, 0.6) is 0 Å². The molecule has 5 heteroatoms. The van der Waals surface area contributed by atoms with E-state index in [-0.39, 0.29) is 11.9 Å². The number of rotatable bonds is 3. The zero-order chi connectivity index (χ0) is 10.1. The first-order valence-electron chi connectivity index (χ1n) is 4.71. The average Bonchev–Trinajstić information content (AvgIpc) is 2.62. The first kappa shape index (κ1) is 9.05. The highest BCUT2D eigenvalue weighted by Gasteiger charge is 2.35. The first-order chi connectivity index (χ1) is 6.65. The molecule has 2 rings (SSSR count). The largest absolute Gasteiger partial charge is 0.380 e. The van der Waals surface area contributed by atoms with E-state index in [1.807, 2.05) is 0 Å². The van der Waals surface area contributed by atoms with E-state index in [2.05, 4.69) is 17.5 Å². The zero-order valence-electron chi connectivity index (χ0n) is 7.72. The molecule has 0 aromatic carbocycles. The third kappa shape index (κ3) is 1.71. The van der Waals surface area contributed by atoms with Crippen molar-refractivity contribution < 1.29 is 4.92 Å². The summed E-state index contributed by atoms with van der Waals surface area (Å²) in [5.41, 5.74) is 5.47. The van der Waals surface area contributed by atoms with Gasteiger partial charge in [-0.2, -0.15) is 0 Å². The van der Waals surface area contributed by atoms with Gasteiger partial charge in [0.1, 0.15) is 0 Å². The van der Waals surface area contributed by atoms with E-state index in [1.165, 1.54) is 0 Å². The van der Waals surface area contributed by atoms with Crippen molar-refractivity contribution in [3.63, 3.8) is 0 Å². The molecule has 0 heterocycles. The summed E-state index contributed by atoms with van der Waals surface area (Å²) in [5.74, 6) is 1.29. The molecule has 1 saturated carbocycles. The van der Waals surface area contributed by atoms with E-state index in [0.29, 0.717) is 11.8 Å². The van der Waals surface area contributed by atoms with Gasteiger partial charge in [-0.25, -0.2) is 0 Å². The van der Waals surface area contributed by atoms with Gasteiger partial charge in [-0.05, 0) is 24.7 Å². The van der Waals surface area contributed by atoms with Crippen molar-refractivity contribution in [2.24, 2.45) is 17.6 Å². The number of hydrogen-bond acceptors (Lipinski definition) is 4. The van der Waals surface area contributed by atoms with E-state index in [0.717, 1.165) is 19.0 Å². The van der Waals surface area contributed by atoms with Crippen LogP contribution in [0.3, 0.4) is 0 Å². The van der Waals surface area contributed by atoms with Crippen LogP contribution in [-0.2, 0) is 0 Å². The van der Waals surface area contributed by atoms with Gasteiger partial charge in [0.25, 0.3) is 6.20 Å². The van der Waals surface area contributed by atoms with Crippen LogP contribution in [0.2, 0.25) is 0 Å². The number of hydrogen-bond donors (Lipinski definition) is 2. The van der Waals surface area contributed by atoms with Gasteiger partial charge in [-0.3, -0.25) is 10.1 Å². The van der Waals surface area contributed by atoms with Crippen molar-refractivity contribution in [2.75, 3.05) is 0 Å². The lowest BCUT2D eigenvalue weighted by Crippen LogP contribution is -2.35. The molecule has 1 fully saturated rings. The lowest BCUT2D eigenvalue weighted by molar-refractivity contribution is -0.403. The smallest absolute Gasteiger partial charge is 0.273 e. The molecule has 0 amide bonds. The highest BCUT2D eigenvalue weighted by atomic mass is 16.6. The highest BCUT2D eigenvalue weighted by molar-refractivity contribution is 5.14.